The first-order chi connectivity index (χ1) is 8.11. The first-order valence-corrected chi connectivity index (χ1v) is 7.26. The summed E-state index contributed by atoms with van der Waals surface area (Å²) >= 11 is 7.42. The van der Waals surface area contributed by atoms with Crippen LogP contribution in [0.2, 0.25) is 5.02 Å². The van der Waals surface area contributed by atoms with Gasteiger partial charge in [-0.2, -0.15) is 0 Å². The Labute approximate surface area is 112 Å². The molecule has 0 saturated carbocycles. The van der Waals surface area contributed by atoms with Crippen LogP contribution in [0.15, 0.2) is 24.3 Å². The van der Waals surface area contributed by atoms with Crippen LogP contribution in [-0.4, -0.2) is 17.7 Å². The molecule has 1 aromatic carbocycles. The Bertz CT molecular complexity index is 353. The number of thioether (sulfide) groups is 1. The summed E-state index contributed by atoms with van der Waals surface area (Å²) < 4.78 is 0. The summed E-state index contributed by atoms with van der Waals surface area (Å²) in [4.78, 5) is 11.5. The van der Waals surface area contributed by atoms with E-state index in [2.05, 4.69) is 12.2 Å². The van der Waals surface area contributed by atoms with Crippen LogP contribution in [0, 0.1) is 0 Å². The van der Waals surface area contributed by atoms with Crippen molar-refractivity contribution in [3.8, 4) is 0 Å². The van der Waals surface area contributed by atoms with Crippen molar-refractivity contribution in [1.29, 1.82) is 0 Å². The zero-order chi connectivity index (χ0) is 12.7. The molecule has 0 aliphatic carbocycles. The third-order valence-electron chi connectivity index (χ3n) is 2.43. The van der Waals surface area contributed by atoms with Crippen molar-refractivity contribution in [3.05, 3.63) is 34.9 Å². The first-order valence-electron chi connectivity index (χ1n) is 5.73. The van der Waals surface area contributed by atoms with Crippen molar-refractivity contribution < 1.29 is 4.79 Å². The Morgan fingerprint density at radius 1 is 1.41 bits per heavy atom. The first kappa shape index (κ1) is 14.4. The van der Waals surface area contributed by atoms with Crippen molar-refractivity contribution in [3.63, 3.8) is 0 Å². The van der Waals surface area contributed by atoms with E-state index in [9.17, 15) is 4.79 Å². The van der Waals surface area contributed by atoms with Crippen molar-refractivity contribution in [2.24, 2.45) is 0 Å². The molecule has 0 heterocycles. The molecular weight excluding hydrogens is 254 g/mol. The molecule has 0 saturated heterocycles. The second-order valence-corrected chi connectivity index (χ2v) is 5.42. The summed E-state index contributed by atoms with van der Waals surface area (Å²) in [6.07, 6.45) is 0.966. The van der Waals surface area contributed by atoms with E-state index in [1.165, 1.54) is 5.56 Å². The van der Waals surface area contributed by atoms with Crippen molar-refractivity contribution >= 4 is 29.3 Å². The van der Waals surface area contributed by atoms with E-state index < -0.39 is 0 Å². The van der Waals surface area contributed by atoms with Gasteiger partial charge in [0.15, 0.2) is 0 Å². The van der Waals surface area contributed by atoms with Gasteiger partial charge in [0.2, 0.25) is 5.91 Å². The van der Waals surface area contributed by atoms with Crippen LogP contribution in [0.25, 0.3) is 0 Å². The normalized spacial score (nSPS) is 12.2. The largest absolute Gasteiger partial charge is 0.353 e. The van der Waals surface area contributed by atoms with E-state index in [4.69, 9.17) is 11.6 Å². The van der Waals surface area contributed by atoms with Gasteiger partial charge in [0, 0.05) is 16.8 Å². The summed E-state index contributed by atoms with van der Waals surface area (Å²) in [6, 6.07) is 7.98. The van der Waals surface area contributed by atoms with E-state index in [0.717, 1.165) is 17.2 Å². The molecule has 1 unspecified atom stereocenters. The Kier molecular flexibility index (Phi) is 6.45. The molecule has 0 spiro atoms. The van der Waals surface area contributed by atoms with E-state index in [0.29, 0.717) is 5.75 Å². The van der Waals surface area contributed by atoms with Gasteiger partial charge in [-0.15, -0.1) is 11.8 Å². The third kappa shape index (κ3) is 5.99. The van der Waals surface area contributed by atoms with Crippen LogP contribution in [0.1, 0.15) is 25.8 Å². The lowest BCUT2D eigenvalue weighted by molar-refractivity contribution is -0.119. The number of hydrogen-bond acceptors (Lipinski definition) is 2. The fraction of sp³-hybridized carbons (Fsp3) is 0.462. The highest BCUT2D eigenvalue weighted by molar-refractivity contribution is 7.99. The van der Waals surface area contributed by atoms with Gasteiger partial charge < -0.3 is 5.32 Å². The minimum atomic E-state index is 0.110. The Balaban J connectivity index is 2.23. The molecule has 0 bridgehead atoms. The fourth-order valence-electron chi connectivity index (χ4n) is 1.26. The standard InChI is InChI=1S/C13H18ClNOS/c1-3-10(2)15-13(16)9-17-8-11-4-6-12(14)7-5-11/h4-7,10H,3,8-9H2,1-2H3,(H,15,16). The van der Waals surface area contributed by atoms with Crippen LogP contribution in [0.3, 0.4) is 0 Å². The third-order valence-corrected chi connectivity index (χ3v) is 3.69. The topological polar surface area (TPSA) is 29.1 Å². The van der Waals surface area contributed by atoms with Gasteiger partial charge >= 0.3 is 0 Å². The van der Waals surface area contributed by atoms with E-state index in [1.54, 1.807) is 11.8 Å². The van der Waals surface area contributed by atoms with E-state index in [1.807, 2.05) is 31.2 Å². The van der Waals surface area contributed by atoms with Crippen molar-refractivity contribution in [1.82, 2.24) is 5.32 Å². The average Bonchev–Trinajstić information content (AvgIpc) is 2.31. The van der Waals surface area contributed by atoms with Gasteiger partial charge in [0.1, 0.15) is 0 Å². The molecule has 94 valence electrons. The van der Waals surface area contributed by atoms with Crippen LogP contribution in [0.4, 0.5) is 0 Å². The number of carbonyl (C=O) groups excluding carboxylic acids is 1. The lowest BCUT2D eigenvalue weighted by Crippen LogP contribution is -2.33. The van der Waals surface area contributed by atoms with E-state index >= 15 is 0 Å². The monoisotopic (exact) mass is 271 g/mol. The smallest absolute Gasteiger partial charge is 0.230 e. The molecule has 0 fully saturated rings. The molecule has 1 amide bonds. The highest BCUT2D eigenvalue weighted by Crippen LogP contribution is 2.15. The van der Waals surface area contributed by atoms with Crippen LogP contribution < -0.4 is 5.32 Å². The average molecular weight is 272 g/mol. The zero-order valence-corrected chi connectivity index (χ0v) is 11.8. The molecule has 1 N–H and O–H groups in total. The minimum Gasteiger partial charge on any atom is -0.353 e. The minimum absolute atomic E-state index is 0.110. The van der Waals surface area contributed by atoms with Gasteiger partial charge in [0.25, 0.3) is 0 Å². The predicted molar refractivity (Wildman–Crippen MR) is 75.5 cm³/mol. The molecule has 0 radical (unpaired) electrons. The molecular formula is C13H18ClNOS. The maximum Gasteiger partial charge on any atom is 0.230 e. The number of halogens is 1. The van der Waals surface area contributed by atoms with Gasteiger partial charge in [-0.3, -0.25) is 4.79 Å². The quantitative estimate of drug-likeness (QED) is 0.858. The number of benzene rings is 1. The number of rotatable bonds is 6. The van der Waals surface area contributed by atoms with Gasteiger partial charge in [0.05, 0.1) is 5.75 Å². The maximum absolute atomic E-state index is 11.5. The number of hydrogen-bond donors (Lipinski definition) is 1. The molecule has 0 aliphatic rings. The van der Waals surface area contributed by atoms with Gasteiger partial charge in [-0.05, 0) is 31.0 Å². The fourth-order valence-corrected chi connectivity index (χ4v) is 2.19. The Morgan fingerprint density at radius 2 is 2.06 bits per heavy atom. The van der Waals surface area contributed by atoms with Crippen molar-refractivity contribution in [2.75, 3.05) is 5.75 Å². The molecule has 1 aromatic rings. The molecule has 0 aromatic heterocycles. The number of amides is 1. The Hall–Kier alpha value is -0.670. The highest BCUT2D eigenvalue weighted by Gasteiger charge is 2.05. The van der Waals surface area contributed by atoms with Crippen LogP contribution in [0.5, 0.6) is 0 Å². The molecule has 17 heavy (non-hydrogen) atoms. The summed E-state index contributed by atoms with van der Waals surface area (Å²) in [5.74, 6) is 1.45. The molecule has 0 aliphatic heterocycles. The lowest BCUT2D eigenvalue weighted by Gasteiger charge is -2.10. The van der Waals surface area contributed by atoms with Gasteiger partial charge in [-0.25, -0.2) is 0 Å². The van der Waals surface area contributed by atoms with Crippen LogP contribution in [-0.2, 0) is 10.5 Å². The van der Waals surface area contributed by atoms with Gasteiger partial charge in [-0.1, -0.05) is 30.7 Å². The van der Waals surface area contributed by atoms with E-state index in [-0.39, 0.29) is 11.9 Å². The highest BCUT2D eigenvalue weighted by atomic mass is 35.5. The summed E-state index contributed by atoms with van der Waals surface area (Å²) in [6.45, 7) is 4.08. The summed E-state index contributed by atoms with van der Waals surface area (Å²) in [7, 11) is 0. The van der Waals surface area contributed by atoms with Crippen molar-refractivity contribution in [2.45, 2.75) is 32.1 Å². The predicted octanol–water partition coefficient (Wildman–Crippen LogP) is 3.49. The SMILES string of the molecule is CCC(C)NC(=O)CSCc1ccc(Cl)cc1. The van der Waals surface area contributed by atoms with Crippen LogP contribution >= 0.6 is 23.4 Å². The zero-order valence-electron chi connectivity index (χ0n) is 10.2. The number of carbonyl (C=O) groups is 1. The lowest BCUT2D eigenvalue weighted by atomic mass is 10.2. The second kappa shape index (κ2) is 7.62. The second-order valence-electron chi connectivity index (χ2n) is 4.00. The molecule has 2 nitrogen and oxygen atoms in total. The molecule has 4 heteroatoms. The maximum atomic E-state index is 11.5. The number of nitrogens with one attached hydrogen (secondary N) is 1. The Morgan fingerprint density at radius 3 is 2.65 bits per heavy atom. The molecule has 1 atom stereocenters. The summed E-state index contributed by atoms with van der Waals surface area (Å²) in [5.41, 5.74) is 1.19. The summed E-state index contributed by atoms with van der Waals surface area (Å²) in [5, 5.41) is 3.69. The molecule has 1 rings (SSSR count).